The molecule has 1 amide bonds. The van der Waals surface area contributed by atoms with E-state index in [1.54, 1.807) is 43.2 Å². The predicted octanol–water partition coefficient (Wildman–Crippen LogP) is 2.06. The van der Waals surface area contributed by atoms with Crippen LogP contribution in [0.1, 0.15) is 25.3 Å². The summed E-state index contributed by atoms with van der Waals surface area (Å²) < 4.78 is 20.4. The molecule has 0 unspecified atom stereocenters. The first-order valence-corrected chi connectivity index (χ1v) is 9.49. The Balaban J connectivity index is 1.80. The van der Waals surface area contributed by atoms with Gasteiger partial charge in [0, 0.05) is 30.8 Å². The molecule has 8 heteroatoms. The molecule has 1 aromatic carbocycles. The second-order valence-corrected chi connectivity index (χ2v) is 6.46. The van der Waals surface area contributed by atoms with Crippen molar-refractivity contribution in [3.05, 3.63) is 29.8 Å². The molecule has 1 aliphatic rings. The van der Waals surface area contributed by atoms with Crippen molar-refractivity contribution in [1.82, 2.24) is 4.90 Å². The first kappa shape index (κ1) is 22.3. The number of hydrogen-bond acceptors (Lipinski definition) is 7. The van der Waals surface area contributed by atoms with Gasteiger partial charge >= 0.3 is 11.9 Å². The molecule has 0 atom stereocenters. The van der Waals surface area contributed by atoms with Crippen LogP contribution in [0.4, 0.5) is 0 Å². The Labute approximate surface area is 170 Å². The number of methoxy groups -OCH3 is 2. The molecule has 158 valence electrons. The minimum absolute atomic E-state index is 0.177. The van der Waals surface area contributed by atoms with Crippen molar-refractivity contribution in [3.63, 3.8) is 0 Å². The van der Waals surface area contributed by atoms with E-state index in [-0.39, 0.29) is 24.4 Å². The summed E-state index contributed by atoms with van der Waals surface area (Å²) >= 11 is 0. The summed E-state index contributed by atoms with van der Waals surface area (Å²) in [5.41, 5.74) is 0.678. The van der Waals surface area contributed by atoms with Gasteiger partial charge in [0.2, 0.25) is 0 Å². The lowest BCUT2D eigenvalue weighted by Crippen LogP contribution is -2.42. The molecule has 0 N–H and O–H groups in total. The van der Waals surface area contributed by atoms with Crippen LogP contribution in [0.2, 0.25) is 0 Å². The van der Waals surface area contributed by atoms with Crippen molar-refractivity contribution < 1.29 is 33.3 Å². The number of nitrogens with zero attached hydrogens (tertiary/aromatic N) is 1. The molecular formula is C21H27NO7. The van der Waals surface area contributed by atoms with E-state index in [1.165, 1.54) is 13.2 Å². The number of benzene rings is 1. The third-order valence-corrected chi connectivity index (χ3v) is 4.65. The van der Waals surface area contributed by atoms with E-state index in [4.69, 9.17) is 18.9 Å². The molecule has 0 radical (unpaired) electrons. The fourth-order valence-electron chi connectivity index (χ4n) is 3.01. The summed E-state index contributed by atoms with van der Waals surface area (Å²) in [5, 5.41) is 0. The highest BCUT2D eigenvalue weighted by molar-refractivity contribution is 5.89. The summed E-state index contributed by atoms with van der Waals surface area (Å²) in [6.45, 7) is 2.67. The molecule has 0 saturated carbocycles. The maximum Gasteiger partial charge on any atom is 0.331 e. The van der Waals surface area contributed by atoms with E-state index in [2.05, 4.69) is 0 Å². The van der Waals surface area contributed by atoms with Crippen molar-refractivity contribution in [2.45, 2.75) is 19.8 Å². The lowest BCUT2D eigenvalue weighted by molar-refractivity contribution is -0.153. The monoisotopic (exact) mass is 405 g/mol. The lowest BCUT2D eigenvalue weighted by atomic mass is 9.97. The van der Waals surface area contributed by atoms with Crippen molar-refractivity contribution in [3.8, 4) is 11.5 Å². The average molecular weight is 405 g/mol. The van der Waals surface area contributed by atoms with Crippen LogP contribution in [0.15, 0.2) is 24.3 Å². The second kappa shape index (κ2) is 11.1. The molecule has 8 nitrogen and oxygen atoms in total. The Bertz CT molecular complexity index is 751. The first-order chi connectivity index (χ1) is 14.0. The number of rotatable bonds is 8. The Morgan fingerprint density at radius 3 is 2.45 bits per heavy atom. The van der Waals surface area contributed by atoms with Crippen LogP contribution in [0.25, 0.3) is 6.08 Å². The lowest BCUT2D eigenvalue weighted by Gasteiger charge is -2.30. The molecule has 0 aromatic heterocycles. The minimum atomic E-state index is -0.627. The third-order valence-electron chi connectivity index (χ3n) is 4.65. The summed E-state index contributed by atoms with van der Waals surface area (Å²) in [6.07, 6.45) is 3.89. The summed E-state index contributed by atoms with van der Waals surface area (Å²) in [5.74, 6) is -0.115. The van der Waals surface area contributed by atoms with Gasteiger partial charge in [0.25, 0.3) is 5.91 Å². The maximum absolute atomic E-state index is 12.2. The highest BCUT2D eigenvalue weighted by atomic mass is 16.5. The topological polar surface area (TPSA) is 91.4 Å². The van der Waals surface area contributed by atoms with Crippen molar-refractivity contribution in [2.75, 3.05) is 40.5 Å². The van der Waals surface area contributed by atoms with Gasteiger partial charge in [-0.3, -0.25) is 9.59 Å². The molecule has 1 saturated heterocycles. The van der Waals surface area contributed by atoms with Gasteiger partial charge < -0.3 is 23.8 Å². The van der Waals surface area contributed by atoms with Gasteiger partial charge in [-0.25, -0.2) is 4.79 Å². The van der Waals surface area contributed by atoms with Crippen molar-refractivity contribution >= 4 is 23.9 Å². The predicted molar refractivity (Wildman–Crippen MR) is 105 cm³/mol. The van der Waals surface area contributed by atoms with Crippen LogP contribution in [0.5, 0.6) is 11.5 Å². The van der Waals surface area contributed by atoms with Crippen LogP contribution in [-0.2, 0) is 23.9 Å². The van der Waals surface area contributed by atoms with Crippen LogP contribution in [-0.4, -0.2) is 63.3 Å². The first-order valence-electron chi connectivity index (χ1n) is 9.49. The third kappa shape index (κ3) is 6.51. The van der Waals surface area contributed by atoms with Gasteiger partial charge in [0.1, 0.15) is 11.5 Å². The van der Waals surface area contributed by atoms with Crippen LogP contribution < -0.4 is 9.47 Å². The molecule has 29 heavy (non-hydrogen) atoms. The highest BCUT2D eigenvalue weighted by Gasteiger charge is 2.28. The minimum Gasteiger partial charge on any atom is -0.497 e. The van der Waals surface area contributed by atoms with Crippen molar-refractivity contribution in [2.24, 2.45) is 5.92 Å². The van der Waals surface area contributed by atoms with E-state index < -0.39 is 5.97 Å². The Morgan fingerprint density at radius 1 is 1.10 bits per heavy atom. The Hall–Kier alpha value is -3.03. The Morgan fingerprint density at radius 2 is 1.83 bits per heavy atom. The quantitative estimate of drug-likeness (QED) is 0.483. The number of carbonyl (C=O) groups is 3. The second-order valence-electron chi connectivity index (χ2n) is 6.46. The smallest absolute Gasteiger partial charge is 0.331 e. The van der Waals surface area contributed by atoms with E-state index in [0.29, 0.717) is 49.6 Å². The van der Waals surface area contributed by atoms with Gasteiger partial charge in [0.05, 0.1) is 26.7 Å². The van der Waals surface area contributed by atoms with Gasteiger partial charge in [-0.05, 0) is 38.0 Å². The fraction of sp³-hybridized carbons (Fsp3) is 0.476. The van der Waals surface area contributed by atoms with E-state index >= 15 is 0 Å². The van der Waals surface area contributed by atoms with Crippen molar-refractivity contribution in [1.29, 1.82) is 0 Å². The maximum atomic E-state index is 12.2. The van der Waals surface area contributed by atoms with Gasteiger partial charge in [-0.15, -0.1) is 0 Å². The zero-order valence-corrected chi connectivity index (χ0v) is 17.0. The molecule has 1 fully saturated rings. The standard InChI is InChI=1S/C21H27NO7/c1-4-28-21(25)16-9-11-22(12-10-16)19(23)14-29-20(24)8-6-15-5-7-17(26-2)13-18(15)27-3/h5-8,13,16H,4,9-12,14H2,1-3H3/b8-6+. The van der Waals surface area contributed by atoms with Crippen LogP contribution >= 0.6 is 0 Å². The number of piperidine rings is 1. The Kier molecular flexibility index (Phi) is 8.51. The molecule has 0 bridgehead atoms. The number of esters is 2. The summed E-state index contributed by atoms with van der Waals surface area (Å²) in [7, 11) is 3.08. The molecule has 1 heterocycles. The SMILES string of the molecule is CCOC(=O)C1CCN(C(=O)COC(=O)/C=C/c2ccc(OC)cc2OC)CC1. The molecule has 2 rings (SSSR count). The molecular weight excluding hydrogens is 378 g/mol. The van der Waals surface area contributed by atoms with Crippen LogP contribution in [0.3, 0.4) is 0 Å². The average Bonchev–Trinajstić information content (AvgIpc) is 2.76. The zero-order valence-electron chi connectivity index (χ0n) is 17.0. The van der Waals surface area contributed by atoms with Gasteiger partial charge in [-0.1, -0.05) is 0 Å². The molecule has 0 spiro atoms. The number of hydrogen-bond donors (Lipinski definition) is 0. The number of amides is 1. The summed E-state index contributed by atoms with van der Waals surface area (Å²) in [6, 6.07) is 5.20. The number of likely N-dealkylation sites (tertiary alicyclic amines) is 1. The largest absolute Gasteiger partial charge is 0.497 e. The van der Waals surface area contributed by atoms with E-state index in [0.717, 1.165) is 0 Å². The highest BCUT2D eigenvalue weighted by Crippen LogP contribution is 2.25. The van der Waals surface area contributed by atoms with E-state index in [9.17, 15) is 14.4 Å². The molecule has 1 aliphatic heterocycles. The molecule has 0 aliphatic carbocycles. The van der Waals surface area contributed by atoms with Gasteiger partial charge in [0.15, 0.2) is 6.61 Å². The van der Waals surface area contributed by atoms with Crippen LogP contribution in [0, 0.1) is 5.92 Å². The van der Waals surface area contributed by atoms with Gasteiger partial charge in [-0.2, -0.15) is 0 Å². The van der Waals surface area contributed by atoms with E-state index in [1.807, 2.05) is 0 Å². The zero-order chi connectivity index (χ0) is 21.2. The fourth-order valence-corrected chi connectivity index (χ4v) is 3.01. The molecule has 1 aromatic rings. The number of carbonyl (C=O) groups excluding carboxylic acids is 3. The number of ether oxygens (including phenoxy) is 4. The summed E-state index contributed by atoms with van der Waals surface area (Å²) in [4.78, 5) is 37.5. The normalized spacial score (nSPS) is 14.5.